The standard InChI is InChI=1S/C13H12Br2N2O2S/c1-8-6-10(16)7-12(15)13(8)17-20(18,19)11-4-2-9(14)3-5-11/h2-7,17H,16H2,1H3. The summed E-state index contributed by atoms with van der Waals surface area (Å²) in [4.78, 5) is 0.198. The summed E-state index contributed by atoms with van der Waals surface area (Å²) in [7, 11) is -3.63. The highest BCUT2D eigenvalue weighted by molar-refractivity contribution is 9.10. The van der Waals surface area contributed by atoms with Crippen LogP contribution in [0.25, 0.3) is 0 Å². The number of sulfonamides is 1. The number of hydrogen-bond acceptors (Lipinski definition) is 3. The number of nitrogens with one attached hydrogen (secondary N) is 1. The van der Waals surface area contributed by atoms with E-state index in [0.717, 1.165) is 10.0 Å². The number of nitrogen functional groups attached to an aromatic ring is 1. The van der Waals surface area contributed by atoms with Crippen molar-refractivity contribution < 1.29 is 8.42 Å². The number of benzene rings is 2. The maximum Gasteiger partial charge on any atom is 0.261 e. The normalized spacial score (nSPS) is 11.3. The zero-order chi connectivity index (χ0) is 14.9. The van der Waals surface area contributed by atoms with Crippen LogP contribution in [-0.2, 0) is 10.0 Å². The quantitative estimate of drug-likeness (QED) is 0.741. The summed E-state index contributed by atoms with van der Waals surface area (Å²) in [6, 6.07) is 9.80. The van der Waals surface area contributed by atoms with Gasteiger partial charge in [-0.05, 0) is 64.8 Å². The Hall–Kier alpha value is -1.05. The molecule has 0 spiro atoms. The molecule has 0 aliphatic rings. The Kier molecular flexibility index (Phi) is 4.41. The third kappa shape index (κ3) is 3.34. The molecule has 0 fully saturated rings. The van der Waals surface area contributed by atoms with Gasteiger partial charge in [-0.25, -0.2) is 8.42 Å². The van der Waals surface area contributed by atoms with Crippen LogP contribution >= 0.6 is 31.9 Å². The van der Waals surface area contributed by atoms with Gasteiger partial charge >= 0.3 is 0 Å². The summed E-state index contributed by atoms with van der Waals surface area (Å²) >= 11 is 6.59. The molecule has 0 atom stereocenters. The van der Waals surface area contributed by atoms with Crippen LogP contribution in [0.5, 0.6) is 0 Å². The van der Waals surface area contributed by atoms with Gasteiger partial charge in [0.25, 0.3) is 10.0 Å². The second-order valence-corrected chi connectivity index (χ2v) is 7.71. The molecule has 4 nitrogen and oxygen atoms in total. The lowest BCUT2D eigenvalue weighted by atomic mass is 10.2. The molecule has 106 valence electrons. The summed E-state index contributed by atoms with van der Waals surface area (Å²) < 4.78 is 28.6. The highest BCUT2D eigenvalue weighted by Crippen LogP contribution is 2.31. The van der Waals surface area contributed by atoms with E-state index in [1.165, 1.54) is 12.1 Å². The van der Waals surface area contributed by atoms with Gasteiger partial charge in [-0.1, -0.05) is 15.9 Å². The van der Waals surface area contributed by atoms with E-state index < -0.39 is 10.0 Å². The largest absolute Gasteiger partial charge is 0.399 e. The van der Waals surface area contributed by atoms with Crippen LogP contribution in [0.2, 0.25) is 0 Å². The summed E-state index contributed by atoms with van der Waals surface area (Å²) in [6.45, 7) is 1.79. The minimum Gasteiger partial charge on any atom is -0.399 e. The molecule has 7 heteroatoms. The molecule has 0 aliphatic carbocycles. The van der Waals surface area contributed by atoms with Crippen LogP contribution < -0.4 is 10.5 Å². The smallest absolute Gasteiger partial charge is 0.261 e. The van der Waals surface area contributed by atoms with E-state index >= 15 is 0 Å². The first-order valence-corrected chi connectivity index (χ1v) is 8.70. The van der Waals surface area contributed by atoms with E-state index in [4.69, 9.17) is 5.73 Å². The van der Waals surface area contributed by atoms with Gasteiger partial charge in [0.05, 0.1) is 10.6 Å². The highest BCUT2D eigenvalue weighted by atomic mass is 79.9. The Morgan fingerprint density at radius 2 is 1.70 bits per heavy atom. The van der Waals surface area contributed by atoms with E-state index in [9.17, 15) is 8.42 Å². The summed E-state index contributed by atoms with van der Waals surface area (Å²) in [5.41, 5.74) is 7.51. The van der Waals surface area contributed by atoms with Crippen LogP contribution in [0.1, 0.15) is 5.56 Å². The van der Waals surface area contributed by atoms with Gasteiger partial charge < -0.3 is 5.73 Å². The second-order valence-electron chi connectivity index (χ2n) is 4.25. The van der Waals surface area contributed by atoms with Crippen LogP contribution in [0.3, 0.4) is 0 Å². The summed E-state index contributed by atoms with van der Waals surface area (Å²) in [6.07, 6.45) is 0. The van der Waals surface area contributed by atoms with E-state index in [1.807, 2.05) is 0 Å². The minimum atomic E-state index is -3.63. The van der Waals surface area contributed by atoms with E-state index in [2.05, 4.69) is 36.6 Å². The predicted molar refractivity (Wildman–Crippen MR) is 88.2 cm³/mol. The SMILES string of the molecule is Cc1cc(N)cc(Br)c1NS(=O)(=O)c1ccc(Br)cc1. The van der Waals surface area contributed by atoms with Crippen LogP contribution in [0, 0.1) is 6.92 Å². The maximum absolute atomic E-state index is 12.3. The topological polar surface area (TPSA) is 72.2 Å². The van der Waals surface area contributed by atoms with Crippen LogP contribution in [0.15, 0.2) is 50.2 Å². The molecule has 0 bridgehead atoms. The Bertz CT molecular complexity index is 720. The second kappa shape index (κ2) is 5.75. The van der Waals surface area contributed by atoms with Crippen molar-refractivity contribution in [3.63, 3.8) is 0 Å². The molecular weight excluding hydrogens is 408 g/mol. The molecule has 3 N–H and O–H groups in total. The maximum atomic E-state index is 12.3. The zero-order valence-electron chi connectivity index (χ0n) is 10.5. The molecule has 0 saturated carbocycles. The van der Waals surface area contributed by atoms with Crippen molar-refractivity contribution >= 4 is 53.3 Å². The van der Waals surface area contributed by atoms with Crippen LogP contribution in [0.4, 0.5) is 11.4 Å². The van der Waals surface area contributed by atoms with Crippen molar-refractivity contribution in [2.24, 2.45) is 0 Å². The van der Waals surface area contributed by atoms with Gasteiger partial charge in [-0.2, -0.15) is 0 Å². The third-order valence-electron chi connectivity index (χ3n) is 2.67. The fourth-order valence-corrected chi connectivity index (χ4v) is 3.93. The van der Waals surface area contributed by atoms with Gasteiger partial charge in [-0.15, -0.1) is 0 Å². The van der Waals surface area contributed by atoms with Crippen molar-refractivity contribution in [3.8, 4) is 0 Å². The third-order valence-corrected chi connectivity index (χ3v) is 5.19. The van der Waals surface area contributed by atoms with Crippen molar-refractivity contribution in [1.82, 2.24) is 0 Å². The van der Waals surface area contributed by atoms with Gasteiger partial charge in [-0.3, -0.25) is 4.72 Å². The molecule has 0 heterocycles. The van der Waals surface area contributed by atoms with Crippen LogP contribution in [-0.4, -0.2) is 8.42 Å². The van der Waals surface area contributed by atoms with Gasteiger partial charge in [0.2, 0.25) is 0 Å². The number of nitrogens with two attached hydrogens (primary N) is 1. The molecule has 20 heavy (non-hydrogen) atoms. The molecule has 0 saturated heterocycles. The van der Waals surface area contributed by atoms with Crippen molar-refractivity contribution in [1.29, 1.82) is 0 Å². The average molecular weight is 420 g/mol. The van der Waals surface area contributed by atoms with E-state index in [0.29, 0.717) is 15.8 Å². The van der Waals surface area contributed by atoms with Gasteiger partial charge in [0.1, 0.15) is 0 Å². The monoisotopic (exact) mass is 418 g/mol. The fourth-order valence-electron chi connectivity index (χ4n) is 1.71. The summed E-state index contributed by atoms with van der Waals surface area (Å²) in [5.74, 6) is 0. The molecule has 0 radical (unpaired) electrons. The van der Waals surface area contributed by atoms with Crippen molar-refractivity contribution in [2.75, 3.05) is 10.5 Å². The lowest BCUT2D eigenvalue weighted by Gasteiger charge is -2.13. The Balaban J connectivity index is 2.41. The number of hydrogen-bond donors (Lipinski definition) is 2. The first kappa shape index (κ1) is 15.3. The fraction of sp³-hybridized carbons (Fsp3) is 0.0769. The number of aryl methyl sites for hydroxylation is 1. The average Bonchev–Trinajstić information content (AvgIpc) is 2.34. The molecule has 0 aliphatic heterocycles. The predicted octanol–water partition coefficient (Wildman–Crippen LogP) is 3.90. The van der Waals surface area contributed by atoms with E-state index in [-0.39, 0.29) is 4.90 Å². The molecule has 0 amide bonds. The first-order chi connectivity index (χ1) is 9.29. The minimum absolute atomic E-state index is 0.198. The lowest BCUT2D eigenvalue weighted by Crippen LogP contribution is -2.14. The summed E-state index contributed by atoms with van der Waals surface area (Å²) in [5, 5.41) is 0. The first-order valence-electron chi connectivity index (χ1n) is 5.63. The van der Waals surface area contributed by atoms with E-state index in [1.54, 1.807) is 31.2 Å². The Morgan fingerprint density at radius 3 is 2.25 bits per heavy atom. The highest BCUT2D eigenvalue weighted by Gasteiger charge is 2.17. The molecule has 2 aromatic rings. The van der Waals surface area contributed by atoms with Gasteiger partial charge in [0, 0.05) is 14.6 Å². The number of anilines is 2. The van der Waals surface area contributed by atoms with Crippen molar-refractivity contribution in [3.05, 3.63) is 50.9 Å². The Labute approximate surface area is 134 Å². The Morgan fingerprint density at radius 1 is 1.10 bits per heavy atom. The lowest BCUT2D eigenvalue weighted by molar-refractivity contribution is 0.601. The molecule has 0 aromatic heterocycles. The van der Waals surface area contributed by atoms with Crippen molar-refractivity contribution in [2.45, 2.75) is 11.8 Å². The zero-order valence-corrected chi connectivity index (χ0v) is 14.5. The molecule has 2 rings (SSSR count). The molecular formula is C13H12Br2N2O2S. The molecule has 2 aromatic carbocycles. The number of rotatable bonds is 3. The number of halogens is 2. The molecule has 0 unspecified atom stereocenters. The van der Waals surface area contributed by atoms with Gasteiger partial charge in [0.15, 0.2) is 0 Å².